The topological polar surface area (TPSA) is 92.5 Å². The van der Waals surface area contributed by atoms with Gasteiger partial charge in [0.15, 0.2) is 0 Å². The Labute approximate surface area is 166 Å². The molecule has 1 aliphatic rings. The van der Waals surface area contributed by atoms with Crippen molar-refractivity contribution in [3.63, 3.8) is 0 Å². The average molecular weight is 404 g/mol. The van der Waals surface area contributed by atoms with Crippen molar-refractivity contribution in [3.8, 4) is 0 Å². The molecule has 1 atom stereocenters. The Balaban J connectivity index is 2.29. The summed E-state index contributed by atoms with van der Waals surface area (Å²) in [6.45, 7) is 3.95. The number of rotatable bonds is 16. The van der Waals surface area contributed by atoms with Crippen LogP contribution in [0.1, 0.15) is 90.4 Å². The SMILES string of the molecule is CCCCCCCCCCS(=O)(=O)N1CCC[C@@H]1C(=O)NCCCCCN. The second kappa shape index (κ2) is 14.4. The number of unbranched alkanes of at least 4 members (excludes halogenated alkanes) is 9. The molecule has 0 bridgehead atoms. The Hall–Kier alpha value is -0.660. The van der Waals surface area contributed by atoms with Gasteiger partial charge in [-0.15, -0.1) is 0 Å². The molecule has 1 aliphatic heterocycles. The molecule has 6 nitrogen and oxygen atoms in total. The normalized spacial score (nSPS) is 18.1. The van der Waals surface area contributed by atoms with Crippen LogP contribution < -0.4 is 11.1 Å². The fourth-order valence-corrected chi connectivity index (χ4v) is 5.45. The van der Waals surface area contributed by atoms with Crippen molar-refractivity contribution >= 4 is 15.9 Å². The maximum atomic E-state index is 12.7. The molecule has 1 fully saturated rings. The summed E-state index contributed by atoms with van der Waals surface area (Å²) in [6.07, 6.45) is 13.2. The highest BCUT2D eigenvalue weighted by molar-refractivity contribution is 7.89. The Bertz CT molecular complexity index is 497. The highest BCUT2D eigenvalue weighted by atomic mass is 32.2. The summed E-state index contributed by atoms with van der Waals surface area (Å²) in [4.78, 5) is 12.4. The molecule has 0 aromatic rings. The van der Waals surface area contributed by atoms with E-state index in [1.54, 1.807) is 0 Å². The van der Waals surface area contributed by atoms with E-state index in [1.807, 2.05) is 0 Å². The maximum absolute atomic E-state index is 12.7. The molecule has 1 amide bonds. The van der Waals surface area contributed by atoms with Gasteiger partial charge in [0.1, 0.15) is 6.04 Å². The Morgan fingerprint density at radius 1 is 1.00 bits per heavy atom. The molecule has 0 aromatic heterocycles. The highest BCUT2D eigenvalue weighted by Gasteiger charge is 2.37. The van der Waals surface area contributed by atoms with Crippen LogP contribution in [0, 0.1) is 0 Å². The summed E-state index contributed by atoms with van der Waals surface area (Å²) in [5.74, 6) is 0.0298. The lowest BCUT2D eigenvalue weighted by Gasteiger charge is -2.23. The van der Waals surface area contributed by atoms with Crippen LogP contribution in [0.3, 0.4) is 0 Å². The minimum Gasteiger partial charge on any atom is -0.355 e. The van der Waals surface area contributed by atoms with Crippen LogP contribution in [0.5, 0.6) is 0 Å². The van der Waals surface area contributed by atoms with E-state index >= 15 is 0 Å². The van der Waals surface area contributed by atoms with E-state index in [0.29, 0.717) is 32.5 Å². The van der Waals surface area contributed by atoms with Crippen molar-refractivity contribution in [2.24, 2.45) is 5.73 Å². The number of nitrogens with one attached hydrogen (secondary N) is 1. The van der Waals surface area contributed by atoms with Crippen molar-refractivity contribution in [1.29, 1.82) is 0 Å². The van der Waals surface area contributed by atoms with E-state index in [-0.39, 0.29) is 11.7 Å². The zero-order valence-electron chi connectivity index (χ0n) is 17.3. The number of carbonyl (C=O) groups excluding carboxylic acids is 1. The lowest BCUT2D eigenvalue weighted by molar-refractivity contribution is -0.124. The van der Waals surface area contributed by atoms with Gasteiger partial charge in [0.05, 0.1) is 5.75 Å². The molecule has 0 saturated carbocycles. The quantitative estimate of drug-likeness (QED) is 0.387. The maximum Gasteiger partial charge on any atom is 0.238 e. The van der Waals surface area contributed by atoms with Crippen LogP contribution >= 0.6 is 0 Å². The van der Waals surface area contributed by atoms with Gasteiger partial charge in [-0.3, -0.25) is 4.79 Å². The Morgan fingerprint density at radius 3 is 2.30 bits per heavy atom. The van der Waals surface area contributed by atoms with E-state index in [2.05, 4.69) is 12.2 Å². The zero-order chi connectivity index (χ0) is 20.0. The summed E-state index contributed by atoms with van der Waals surface area (Å²) in [5.41, 5.74) is 5.46. The largest absolute Gasteiger partial charge is 0.355 e. The number of hydrogen-bond donors (Lipinski definition) is 2. The molecular weight excluding hydrogens is 362 g/mol. The molecule has 1 rings (SSSR count). The van der Waals surface area contributed by atoms with E-state index in [4.69, 9.17) is 5.73 Å². The number of sulfonamides is 1. The molecular formula is C20H41N3O3S. The number of carbonyl (C=O) groups is 1. The van der Waals surface area contributed by atoms with Gasteiger partial charge in [-0.25, -0.2) is 8.42 Å². The number of nitrogens with zero attached hydrogens (tertiary/aromatic N) is 1. The van der Waals surface area contributed by atoms with Gasteiger partial charge in [-0.2, -0.15) is 4.31 Å². The first kappa shape index (κ1) is 24.4. The molecule has 1 heterocycles. The molecule has 0 spiro atoms. The van der Waals surface area contributed by atoms with E-state index in [1.165, 1.54) is 36.4 Å². The van der Waals surface area contributed by atoms with Crippen molar-refractivity contribution in [2.45, 2.75) is 96.4 Å². The second-order valence-electron chi connectivity index (χ2n) is 7.70. The fraction of sp³-hybridized carbons (Fsp3) is 0.950. The van der Waals surface area contributed by atoms with Crippen molar-refractivity contribution < 1.29 is 13.2 Å². The smallest absolute Gasteiger partial charge is 0.238 e. The van der Waals surface area contributed by atoms with Gasteiger partial charge in [0.25, 0.3) is 0 Å². The molecule has 27 heavy (non-hydrogen) atoms. The standard InChI is InChI=1S/C20H41N3O3S/c1-2-3-4-5-6-7-8-12-18-27(25,26)23-17-13-14-19(23)20(24)22-16-11-9-10-15-21/h19H,2-18,21H2,1H3,(H,22,24)/t19-/m1/s1. The third-order valence-electron chi connectivity index (χ3n) is 5.30. The highest BCUT2D eigenvalue weighted by Crippen LogP contribution is 2.22. The summed E-state index contributed by atoms with van der Waals surface area (Å²) >= 11 is 0. The first-order valence-electron chi connectivity index (χ1n) is 11.0. The summed E-state index contributed by atoms with van der Waals surface area (Å²) in [6, 6.07) is -0.515. The van der Waals surface area contributed by atoms with Crippen LogP contribution in [0.25, 0.3) is 0 Å². The molecule has 1 saturated heterocycles. The monoisotopic (exact) mass is 403 g/mol. The molecule has 0 aliphatic carbocycles. The van der Waals surface area contributed by atoms with Crippen LogP contribution in [-0.4, -0.2) is 50.1 Å². The first-order chi connectivity index (χ1) is 13.0. The predicted molar refractivity (Wildman–Crippen MR) is 112 cm³/mol. The minimum atomic E-state index is -3.34. The van der Waals surface area contributed by atoms with Crippen molar-refractivity contribution in [1.82, 2.24) is 9.62 Å². The third-order valence-corrected chi connectivity index (χ3v) is 7.26. The van der Waals surface area contributed by atoms with Crippen molar-refractivity contribution in [3.05, 3.63) is 0 Å². The summed E-state index contributed by atoms with van der Waals surface area (Å²) in [5, 5.41) is 2.90. The van der Waals surface area contributed by atoms with Crippen LogP contribution in [0.4, 0.5) is 0 Å². The minimum absolute atomic E-state index is 0.139. The lowest BCUT2D eigenvalue weighted by atomic mass is 10.1. The van der Waals surface area contributed by atoms with Gasteiger partial charge < -0.3 is 11.1 Å². The first-order valence-corrected chi connectivity index (χ1v) is 12.6. The van der Waals surface area contributed by atoms with E-state index in [0.717, 1.165) is 38.5 Å². The van der Waals surface area contributed by atoms with E-state index < -0.39 is 16.1 Å². The van der Waals surface area contributed by atoms with Crippen LogP contribution in [0.15, 0.2) is 0 Å². The second-order valence-corrected chi connectivity index (χ2v) is 9.74. The Morgan fingerprint density at radius 2 is 1.63 bits per heavy atom. The molecule has 160 valence electrons. The summed E-state index contributed by atoms with van der Waals surface area (Å²) < 4.78 is 26.8. The van der Waals surface area contributed by atoms with E-state index in [9.17, 15) is 13.2 Å². The zero-order valence-corrected chi connectivity index (χ0v) is 18.1. The summed E-state index contributed by atoms with van der Waals surface area (Å²) in [7, 11) is -3.34. The number of nitrogens with two attached hydrogens (primary N) is 1. The molecule has 0 unspecified atom stereocenters. The van der Waals surface area contributed by atoms with Gasteiger partial charge in [0, 0.05) is 13.1 Å². The average Bonchev–Trinajstić information content (AvgIpc) is 3.14. The van der Waals surface area contributed by atoms with Crippen LogP contribution in [0.2, 0.25) is 0 Å². The third kappa shape index (κ3) is 9.90. The Kier molecular flexibility index (Phi) is 13.0. The number of amides is 1. The van der Waals surface area contributed by atoms with Gasteiger partial charge in [-0.1, -0.05) is 58.3 Å². The lowest BCUT2D eigenvalue weighted by Crippen LogP contribution is -2.46. The van der Waals surface area contributed by atoms with Gasteiger partial charge >= 0.3 is 0 Å². The molecule has 3 N–H and O–H groups in total. The predicted octanol–water partition coefficient (Wildman–Crippen LogP) is 3.17. The fourth-order valence-electron chi connectivity index (χ4n) is 3.65. The molecule has 0 radical (unpaired) electrons. The molecule has 0 aromatic carbocycles. The van der Waals surface area contributed by atoms with Crippen LogP contribution in [-0.2, 0) is 14.8 Å². The van der Waals surface area contributed by atoms with Gasteiger partial charge in [0.2, 0.25) is 15.9 Å². The van der Waals surface area contributed by atoms with Gasteiger partial charge in [-0.05, 0) is 38.6 Å². The van der Waals surface area contributed by atoms with Crippen molar-refractivity contribution in [2.75, 3.05) is 25.4 Å². The molecule has 7 heteroatoms. The number of hydrogen-bond acceptors (Lipinski definition) is 4.